The molecule has 0 radical (unpaired) electrons. The molecular formula is C4H4F6O5S2. The Morgan fingerprint density at radius 3 is 1.29 bits per heavy atom. The van der Waals surface area contributed by atoms with Gasteiger partial charge >= 0.3 is 26.5 Å². The first kappa shape index (κ1) is 16.4. The molecule has 0 atom stereocenters. The minimum atomic E-state index is -6.93. The summed E-state index contributed by atoms with van der Waals surface area (Å²) in [4.78, 5) is 0. The van der Waals surface area contributed by atoms with Gasteiger partial charge in [-0.2, -0.15) is 34.8 Å². The van der Waals surface area contributed by atoms with Crippen LogP contribution in [0, 0.1) is 0 Å². The average molecular weight is 310 g/mol. The maximum atomic E-state index is 12.6. The first-order valence-electron chi connectivity index (χ1n) is 3.30. The van der Waals surface area contributed by atoms with Crippen LogP contribution in [0.25, 0.3) is 0 Å². The van der Waals surface area contributed by atoms with Crippen LogP contribution >= 0.6 is 0 Å². The van der Waals surface area contributed by atoms with E-state index in [2.05, 4.69) is 0 Å². The Labute approximate surface area is 91.1 Å². The van der Waals surface area contributed by atoms with Crippen LogP contribution in [0.15, 0.2) is 0 Å². The Morgan fingerprint density at radius 1 is 0.824 bits per heavy atom. The molecule has 5 nitrogen and oxygen atoms in total. The Bertz CT molecular complexity index is 459. The van der Waals surface area contributed by atoms with Gasteiger partial charge in [-0.3, -0.25) is 4.55 Å². The number of alkyl halides is 6. The predicted molar refractivity (Wildman–Crippen MR) is 41.2 cm³/mol. The van der Waals surface area contributed by atoms with Crippen molar-refractivity contribution in [3.63, 3.8) is 0 Å². The maximum Gasteiger partial charge on any atom is 0.439 e. The maximum absolute atomic E-state index is 12.6. The van der Waals surface area contributed by atoms with Crippen molar-refractivity contribution in [2.24, 2.45) is 0 Å². The van der Waals surface area contributed by atoms with Crippen molar-refractivity contribution in [2.45, 2.75) is 16.4 Å². The topological polar surface area (TPSA) is 88.5 Å². The molecule has 0 bridgehead atoms. The Hall–Kier alpha value is -0.560. The second-order valence-electron chi connectivity index (χ2n) is 2.86. The molecule has 0 fully saturated rings. The van der Waals surface area contributed by atoms with Crippen LogP contribution < -0.4 is 0 Å². The fourth-order valence-electron chi connectivity index (χ4n) is 0.564. The summed E-state index contributed by atoms with van der Waals surface area (Å²) in [6, 6.07) is 0. The molecule has 0 heterocycles. The van der Waals surface area contributed by atoms with E-state index in [0.29, 0.717) is 0 Å². The molecule has 0 unspecified atom stereocenters. The van der Waals surface area contributed by atoms with Crippen molar-refractivity contribution < 1.29 is 47.7 Å². The van der Waals surface area contributed by atoms with Gasteiger partial charge in [0.15, 0.2) is 0 Å². The van der Waals surface area contributed by atoms with Gasteiger partial charge in [0.2, 0.25) is 9.84 Å². The van der Waals surface area contributed by atoms with Gasteiger partial charge in [-0.25, -0.2) is 8.42 Å². The first-order chi connectivity index (χ1) is 7.00. The number of hydrogen-bond acceptors (Lipinski definition) is 4. The molecule has 1 N–H and O–H groups in total. The van der Waals surface area contributed by atoms with Crippen LogP contribution in [-0.2, 0) is 20.0 Å². The highest BCUT2D eigenvalue weighted by Crippen LogP contribution is 2.50. The summed E-state index contributed by atoms with van der Waals surface area (Å²) in [7, 11) is -13.0. The summed E-state index contributed by atoms with van der Waals surface area (Å²) in [5.74, 6) is -6.83. The monoisotopic (exact) mass is 310 g/mol. The molecule has 0 aromatic carbocycles. The van der Waals surface area contributed by atoms with Gasteiger partial charge in [0, 0.05) is 6.26 Å². The molecule has 0 rings (SSSR count). The highest BCUT2D eigenvalue weighted by Gasteiger charge is 2.81. The van der Waals surface area contributed by atoms with Gasteiger partial charge in [0.1, 0.15) is 0 Å². The fraction of sp³-hybridized carbons (Fsp3) is 1.00. The van der Waals surface area contributed by atoms with E-state index in [1.54, 1.807) is 0 Å². The third-order valence-corrected chi connectivity index (χ3v) is 3.61. The second-order valence-corrected chi connectivity index (χ2v) is 6.38. The minimum absolute atomic E-state index is 0.499. The molecule has 0 saturated heterocycles. The lowest BCUT2D eigenvalue weighted by atomic mass is 10.3. The van der Waals surface area contributed by atoms with Gasteiger partial charge in [0.05, 0.1) is 0 Å². The SMILES string of the molecule is CS(=O)(=O)C(F)(F)C(F)(F)C(F)(F)S(=O)(=O)O. The Balaban J connectivity index is 6.10. The molecule has 0 saturated carbocycles. The summed E-state index contributed by atoms with van der Waals surface area (Å²) in [5, 5.41) is -13.0. The molecule has 0 aliphatic heterocycles. The molecule has 0 spiro atoms. The zero-order valence-electron chi connectivity index (χ0n) is 7.66. The van der Waals surface area contributed by atoms with Crippen molar-refractivity contribution in [3.8, 4) is 0 Å². The van der Waals surface area contributed by atoms with E-state index in [-0.39, 0.29) is 0 Å². The summed E-state index contributed by atoms with van der Waals surface area (Å²) < 4.78 is 123. The largest absolute Gasteiger partial charge is 0.439 e. The van der Waals surface area contributed by atoms with Crippen LogP contribution in [0.1, 0.15) is 0 Å². The number of rotatable bonds is 4. The van der Waals surface area contributed by atoms with Crippen molar-refractivity contribution in [3.05, 3.63) is 0 Å². The van der Waals surface area contributed by atoms with Crippen LogP contribution in [0.3, 0.4) is 0 Å². The summed E-state index contributed by atoms with van der Waals surface area (Å²) in [6.07, 6.45) is -0.499. The lowest BCUT2D eigenvalue weighted by molar-refractivity contribution is -0.245. The van der Waals surface area contributed by atoms with Crippen LogP contribution in [0.2, 0.25) is 0 Å². The van der Waals surface area contributed by atoms with E-state index < -0.39 is 42.6 Å². The third-order valence-electron chi connectivity index (χ3n) is 1.52. The zero-order valence-corrected chi connectivity index (χ0v) is 9.30. The molecule has 0 amide bonds. The molecule has 0 aromatic heterocycles. The van der Waals surface area contributed by atoms with Gasteiger partial charge < -0.3 is 0 Å². The number of sulfone groups is 1. The van der Waals surface area contributed by atoms with E-state index in [4.69, 9.17) is 4.55 Å². The summed E-state index contributed by atoms with van der Waals surface area (Å²) >= 11 is 0. The van der Waals surface area contributed by atoms with Gasteiger partial charge in [-0.1, -0.05) is 0 Å². The third kappa shape index (κ3) is 2.22. The van der Waals surface area contributed by atoms with Crippen LogP contribution in [0.5, 0.6) is 0 Å². The molecule has 104 valence electrons. The molecule has 0 aromatic rings. The van der Waals surface area contributed by atoms with Crippen molar-refractivity contribution in [1.29, 1.82) is 0 Å². The molecule has 17 heavy (non-hydrogen) atoms. The molecule has 0 aliphatic carbocycles. The smallest absolute Gasteiger partial charge is 0.281 e. The zero-order chi connectivity index (χ0) is 14.5. The molecule has 0 aliphatic rings. The average Bonchev–Trinajstić information content (AvgIpc) is 1.98. The lowest BCUT2D eigenvalue weighted by Gasteiger charge is -2.29. The minimum Gasteiger partial charge on any atom is -0.281 e. The van der Waals surface area contributed by atoms with Crippen molar-refractivity contribution in [2.75, 3.05) is 6.26 Å². The van der Waals surface area contributed by atoms with E-state index >= 15 is 0 Å². The van der Waals surface area contributed by atoms with Crippen LogP contribution in [0.4, 0.5) is 26.3 Å². The van der Waals surface area contributed by atoms with E-state index in [1.807, 2.05) is 0 Å². The molecular weight excluding hydrogens is 306 g/mol. The van der Waals surface area contributed by atoms with Gasteiger partial charge in [-0.15, -0.1) is 0 Å². The van der Waals surface area contributed by atoms with Crippen LogP contribution in [-0.4, -0.2) is 44.1 Å². The normalized spacial score (nSPS) is 16.0. The highest BCUT2D eigenvalue weighted by atomic mass is 32.2. The Kier molecular flexibility index (Phi) is 3.59. The number of hydrogen-bond donors (Lipinski definition) is 1. The Morgan fingerprint density at radius 2 is 1.12 bits per heavy atom. The van der Waals surface area contributed by atoms with E-state index in [9.17, 15) is 43.2 Å². The van der Waals surface area contributed by atoms with Crippen molar-refractivity contribution in [1.82, 2.24) is 0 Å². The number of halogens is 6. The molecule has 13 heteroatoms. The summed E-state index contributed by atoms with van der Waals surface area (Å²) in [6.45, 7) is 0. The second kappa shape index (κ2) is 3.71. The van der Waals surface area contributed by atoms with Gasteiger partial charge in [-0.05, 0) is 0 Å². The predicted octanol–water partition coefficient (Wildman–Crippen LogP) is 0.740. The summed E-state index contributed by atoms with van der Waals surface area (Å²) in [5.41, 5.74) is 0. The lowest BCUT2D eigenvalue weighted by Crippen LogP contribution is -2.60. The first-order valence-corrected chi connectivity index (χ1v) is 6.63. The fourth-order valence-corrected chi connectivity index (χ4v) is 1.67. The highest BCUT2D eigenvalue weighted by molar-refractivity contribution is 7.92. The van der Waals surface area contributed by atoms with E-state index in [1.165, 1.54) is 0 Å². The van der Waals surface area contributed by atoms with Gasteiger partial charge in [0.25, 0.3) is 0 Å². The van der Waals surface area contributed by atoms with Crippen molar-refractivity contribution >= 4 is 20.0 Å². The standard InChI is InChI=1S/C4H4F6O5S2/c1-16(11,12)3(7,8)2(5,6)4(9,10)17(13,14)15/h1H3,(H,13,14,15). The van der Waals surface area contributed by atoms with E-state index in [0.717, 1.165) is 0 Å². The quantitative estimate of drug-likeness (QED) is 0.611.